The molecule has 1 aliphatic carbocycles. The number of hydrogen-bond donors (Lipinski definition) is 2. The summed E-state index contributed by atoms with van der Waals surface area (Å²) in [4.78, 5) is 24.1. The average Bonchev–Trinajstić information content (AvgIpc) is 2.75. The lowest BCUT2D eigenvalue weighted by Crippen LogP contribution is -2.52. The minimum atomic E-state index is -0.562. The van der Waals surface area contributed by atoms with Crippen molar-refractivity contribution in [1.29, 1.82) is 0 Å². The van der Waals surface area contributed by atoms with Gasteiger partial charge in [-0.25, -0.2) is 4.79 Å². The quantitative estimate of drug-likeness (QED) is 0.834. The fourth-order valence-corrected chi connectivity index (χ4v) is 2.33. The fourth-order valence-electron chi connectivity index (χ4n) is 2.33. The highest BCUT2D eigenvalue weighted by molar-refractivity contribution is 5.86. The molecule has 1 atom stereocenters. The van der Waals surface area contributed by atoms with Crippen LogP contribution < -0.4 is 10.6 Å². The number of nitrogens with one attached hydrogen (secondary N) is 2. The molecule has 1 aliphatic rings. The molecule has 2 amide bonds. The lowest BCUT2D eigenvalue weighted by atomic mass is 10.0. The van der Waals surface area contributed by atoms with Gasteiger partial charge in [0.25, 0.3) is 0 Å². The van der Waals surface area contributed by atoms with Crippen molar-refractivity contribution in [3.63, 3.8) is 0 Å². The SMILES string of the molecule is CC(C)C(NC(=O)OC(C)(C)C)C(=O)NC1CCCC1. The molecular formula is C15H28N2O3. The van der Waals surface area contributed by atoms with Gasteiger partial charge in [-0.15, -0.1) is 0 Å². The molecule has 1 unspecified atom stereocenters. The molecule has 0 bridgehead atoms. The van der Waals surface area contributed by atoms with Crippen LogP contribution in [0.5, 0.6) is 0 Å². The van der Waals surface area contributed by atoms with Crippen LogP contribution in [0.15, 0.2) is 0 Å². The van der Waals surface area contributed by atoms with Crippen molar-refractivity contribution in [2.75, 3.05) is 0 Å². The van der Waals surface area contributed by atoms with E-state index in [2.05, 4.69) is 10.6 Å². The fraction of sp³-hybridized carbons (Fsp3) is 0.867. The summed E-state index contributed by atoms with van der Waals surface area (Å²) in [5, 5.41) is 5.69. The number of amides is 2. The van der Waals surface area contributed by atoms with Crippen LogP contribution in [0.4, 0.5) is 4.79 Å². The van der Waals surface area contributed by atoms with E-state index in [1.165, 1.54) is 0 Å². The Morgan fingerprint density at radius 2 is 1.70 bits per heavy atom. The molecule has 5 nitrogen and oxygen atoms in total. The largest absolute Gasteiger partial charge is 0.444 e. The van der Waals surface area contributed by atoms with Crippen molar-refractivity contribution in [1.82, 2.24) is 10.6 Å². The van der Waals surface area contributed by atoms with E-state index in [1.807, 2.05) is 13.8 Å². The number of carbonyl (C=O) groups is 2. The van der Waals surface area contributed by atoms with Crippen LogP contribution in [-0.2, 0) is 9.53 Å². The zero-order valence-electron chi connectivity index (χ0n) is 13.3. The number of rotatable bonds is 4. The summed E-state index contributed by atoms with van der Waals surface area (Å²) >= 11 is 0. The van der Waals surface area contributed by atoms with Gasteiger partial charge in [0.15, 0.2) is 0 Å². The van der Waals surface area contributed by atoms with Gasteiger partial charge >= 0.3 is 6.09 Å². The van der Waals surface area contributed by atoms with E-state index in [1.54, 1.807) is 20.8 Å². The minimum absolute atomic E-state index is 0.0175. The molecular weight excluding hydrogens is 256 g/mol. The molecule has 20 heavy (non-hydrogen) atoms. The van der Waals surface area contributed by atoms with Crippen LogP contribution in [0.2, 0.25) is 0 Å². The van der Waals surface area contributed by atoms with Crippen molar-refractivity contribution >= 4 is 12.0 Å². The number of alkyl carbamates (subject to hydrolysis) is 1. The first kappa shape index (κ1) is 16.8. The third-order valence-corrected chi connectivity index (χ3v) is 3.32. The molecule has 0 spiro atoms. The third-order valence-electron chi connectivity index (χ3n) is 3.32. The average molecular weight is 284 g/mol. The van der Waals surface area contributed by atoms with Gasteiger partial charge in [-0.1, -0.05) is 26.7 Å². The maximum atomic E-state index is 12.3. The van der Waals surface area contributed by atoms with Crippen LogP contribution in [0.3, 0.4) is 0 Å². The standard InChI is InChI=1S/C15H28N2O3/c1-10(2)12(17-14(19)20-15(3,4)5)13(18)16-11-8-6-7-9-11/h10-12H,6-9H2,1-5H3,(H,16,18)(H,17,19). The second-order valence-electron chi connectivity index (χ2n) is 6.86. The van der Waals surface area contributed by atoms with E-state index in [0.717, 1.165) is 25.7 Å². The van der Waals surface area contributed by atoms with Gasteiger partial charge in [-0.05, 0) is 39.5 Å². The lowest BCUT2D eigenvalue weighted by molar-refractivity contribution is -0.124. The Kier molecular flexibility index (Phi) is 5.84. The van der Waals surface area contributed by atoms with Crippen LogP contribution in [0.1, 0.15) is 60.3 Å². The summed E-state index contributed by atoms with van der Waals surface area (Å²) < 4.78 is 5.21. The molecule has 0 saturated heterocycles. The van der Waals surface area contributed by atoms with Crippen molar-refractivity contribution in [3.8, 4) is 0 Å². The van der Waals surface area contributed by atoms with Gasteiger partial charge in [0.2, 0.25) is 5.91 Å². The maximum Gasteiger partial charge on any atom is 0.408 e. The van der Waals surface area contributed by atoms with Crippen LogP contribution in [0.25, 0.3) is 0 Å². The minimum Gasteiger partial charge on any atom is -0.444 e. The molecule has 116 valence electrons. The highest BCUT2D eigenvalue weighted by atomic mass is 16.6. The lowest BCUT2D eigenvalue weighted by Gasteiger charge is -2.26. The van der Waals surface area contributed by atoms with E-state index in [-0.39, 0.29) is 17.9 Å². The first-order chi connectivity index (χ1) is 9.19. The normalized spacial score (nSPS) is 17.9. The van der Waals surface area contributed by atoms with Crippen molar-refractivity contribution in [2.24, 2.45) is 5.92 Å². The summed E-state index contributed by atoms with van der Waals surface area (Å²) in [5.74, 6) is -0.0957. The number of carbonyl (C=O) groups excluding carboxylic acids is 2. The van der Waals surface area contributed by atoms with E-state index >= 15 is 0 Å². The van der Waals surface area contributed by atoms with Gasteiger partial charge in [0.1, 0.15) is 11.6 Å². The first-order valence-corrected chi connectivity index (χ1v) is 7.49. The Labute approximate surface area is 121 Å². The van der Waals surface area contributed by atoms with Crippen molar-refractivity contribution in [3.05, 3.63) is 0 Å². The predicted molar refractivity (Wildman–Crippen MR) is 78.4 cm³/mol. The zero-order chi connectivity index (χ0) is 15.3. The predicted octanol–water partition coefficient (Wildman–Crippen LogP) is 2.59. The highest BCUT2D eigenvalue weighted by Gasteiger charge is 2.28. The smallest absolute Gasteiger partial charge is 0.408 e. The zero-order valence-corrected chi connectivity index (χ0v) is 13.3. The summed E-state index contributed by atoms with van der Waals surface area (Å²) in [6.07, 6.45) is 3.84. The van der Waals surface area contributed by atoms with Gasteiger partial charge in [0.05, 0.1) is 0 Å². The number of ether oxygens (including phenoxy) is 1. The van der Waals surface area contributed by atoms with E-state index in [4.69, 9.17) is 4.74 Å². The third kappa shape index (κ3) is 5.80. The van der Waals surface area contributed by atoms with E-state index in [9.17, 15) is 9.59 Å². The van der Waals surface area contributed by atoms with Crippen LogP contribution in [-0.4, -0.2) is 29.7 Å². The van der Waals surface area contributed by atoms with Crippen LogP contribution in [0, 0.1) is 5.92 Å². The molecule has 1 rings (SSSR count). The molecule has 1 saturated carbocycles. The summed E-state index contributed by atoms with van der Waals surface area (Å²) in [6, 6.07) is -0.297. The monoisotopic (exact) mass is 284 g/mol. The van der Waals surface area contributed by atoms with E-state index < -0.39 is 17.7 Å². The van der Waals surface area contributed by atoms with Crippen LogP contribution >= 0.6 is 0 Å². The summed E-state index contributed by atoms with van der Waals surface area (Å²) in [6.45, 7) is 9.23. The summed E-state index contributed by atoms with van der Waals surface area (Å²) in [5.41, 5.74) is -0.562. The molecule has 0 aromatic rings. The summed E-state index contributed by atoms with van der Waals surface area (Å²) in [7, 11) is 0. The Balaban J connectivity index is 2.54. The molecule has 2 N–H and O–H groups in total. The second kappa shape index (κ2) is 6.95. The number of hydrogen-bond acceptors (Lipinski definition) is 3. The van der Waals surface area contributed by atoms with Crippen molar-refractivity contribution < 1.29 is 14.3 Å². The molecule has 0 radical (unpaired) electrons. The molecule has 1 fully saturated rings. The molecule has 0 aromatic carbocycles. The van der Waals surface area contributed by atoms with Crippen molar-refractivity contribution in [2.45, 2.75) is 78.0 Å². The molecule has 0 heterocycles. The first-order valence-electron chi connectivity index (χ1n) is 7.49. The highest BCUT2D eigenvalue weighted by Crippen LogP contribution is 2.18. The van der Waals surface area contributed by atoms with E-state index in [0.29, 0.717) is 0 Å². The Bertz CT molecular complexity index is 342. The Morgan fingerprint density at radius 1 is 1.15 bits per heavy atom. The Hall–Kier alpha value is -1.26. The maximum absolute atomic E-state index is 12.3. The molecule has 5 heteroatoms. The topological polar surface area (TPSA) is 67.4 Å². The van der Waals surface area contributed by atoms with Gasteiger partial charge < -0.3 is 15.4 Å². The van der Waals surface area contributed by atoms with Gasteiger partial charge in [-0.2, -0.15) is 0 Å². The van der Waals surface area contributed by atoms with Gasteiger partial charge in [-0.3, -0.25) is 4.79 Å². The van der Waals surface area contributed by atoms with Gasteiger partial charge in [0, 0.05) is 6.04 Å². The Morgan fingerprint density at radius 3 is 2.15 bits per heavy atom. The molecule has 0 aliphatic heterocycles. The second-order valence-corrected chi connectivity index (χ2v) is 6.86. The molecule has 0 aromatic heterocycles.